The van der Waals surface area contributed by atoms with E-state index in [1.165, 1.54) is 0 Å². The van der Waals surface area contributed by atoms with Gasteiger partial charge in [0, 0.05) is 24.0 Å². The van der Waals surface area contributed by atoms with Gasteiger partial charge in [-0.1, -0.05) is 20.8 Å². The molecular formula is C14H25N3O. The Morgan fingerprint density at radius 3 is 2.22 bits per heavy atom. The van der Waals surface area contributed by atoms with Crippen LogP contribution >= 0.6 is 0 Å². The summed E-state index contributed by atoms with van der Waals surface area (Å²) in [5.41, 5.74) is -0.223. The van der Waals surface area contributed by atoms with Gasteiger partial charge in [0.1, 0.15) is 0 Å². The van der Waals surface area contributed by atoms with Gasteiger partial charge in [0.15, 0.2) is 5.82 Å². The molecule has 102 valence electrons. The number of nitrogens with one attached hydrogen (secondary N) is 1. The zero-order valence-corrected chi connectivity index (χ0v) is 12.5. The maximum Gasteiger partial charge on any atom is 0.293 e. The average Bonchev–Trinajstić information content (AvgIpc) is 2.17. The fourth-order valence-electron chi connectivity index (χ4n) is 1.46. The quantitative estimate of drug-likeness (QED) is 0.879. The zero-order valence-electron chi connectivity index (χ0n) is 12.5. The van der Waals surface area contributed by atoms with Crippen molar-refractivity contribution in [3.8, 4) is 0 Å². The van der Waals surface area contributed by atoms with Crippen LogP contribution in [0.2, 0.25) is 0 Å². The van der Waals surface area contributed by atoms with Crippen molar-refractivity contribution >= 4 is 5.82 Å². The molecule has 1 unspecified atom stereocenters. The summed E-state index contributed by atoms with van der Waals surface area (Å²) in [5.74, 6) is 0.426. The number of rotatable bonds is 2. The van der Waals surface area contributed by atoms with Crippen molar-refractivity contribution in [1.29, 1.82) is 0 Å². The summed E-state index contributed by atoms with van der Waals surface area (Å²) in [7, 11) is 0. The second-order valence-corrected chi connectivity index (χ2v) is 6.85. The largest absolute Gasteiger partial charge is 0.362 e. The number of nitrogens with zero attached hydrogens (tertiary/aromatic N) is 2. The highest BCUT2D eigenvalue weighted by Crippen LogP contribution is 2.21. The second-order valence-electron chi connectivity index (χ2n) is 6.85. The molecular weight excluding hydrogens is 226 g/mol. The molecule has 4 heteroatoms. The van der Waals surface area contributed by atoms with E-state index in [9.17, 15) is 4.79 Å². The summed E-state index contributed by atoms with van der Waals surface area (Å²) in [6.07, 6.45) is 3.40. The van der Waals surface area contributed by atoms with Crippen LogP contribution in [0.1, 0.15) is 48.5 Å². The first-order chi connectivity index (χ1) is 8.03. The zero-order chi connectivity index (χ0) is 14.1. The average molecular weight is 251 g/mol. The molecule has 0 bridgehead atoms. The number of aromatic nitrogens is 2. The van der Waals surface area contributed by atoms with Crippen LogP contribution in [0, 0.1) is 5.41 Å². The topological polar surface area (TPSA) is 46.9 Å². The lowest BCUT2D eigenvalue weighted by atomic mass is 9.88. The monoisotopic (exact) mass is 251 g/mol. The lowest BCUT2D eigenvalue weighted by Gasteiger charge is -2.29. The van der Waals surface area contributed by atoms with Crippen molar-refractivity contribution in [3.63, 3.8) is 0 Å². The van der Waals surface area contributed by atoms with Crippen molar-refractivity contribution in [3.05, 3.63) is 22.7 Å². The van der Waals surface area contributed by atoms with E-state index < -0.39 is 0 Å². The van der Waals surface area contributed by atoms with Crippen LogP contribution in [0.25, 0.3) is 0 Å². The van der Waals surface area contributed by atoms with Gasteiger partial charge < -0.3 is 9.88 Å². The minimum absolute atomic E-state index is 0.0684. The Balaban J connectivity index is 3.10. The summed E-state index contributed by atoms with van der Waals surface area (Å²) in [6, 6.07) is 0.175. The molecule has 0 saturated carbocycles. The standard InChI is InChI=1S/C14H25N3O/c1-10(13(2,3)4)16-11-12(18)17(9-8-15-11)14(5,6)7/h8-10H,1-7H3,(H,15,16). The fraction of sp³-hybridized carbons (Fsp3) is 0.714. The Hall–Kier alpha value is -1.32. The van der Waals surface area contributed by atoms with Gasteiger partial charge in [0.2, 0.25) is 0 Å². The molecule has 0 aliphatic carbocycles. The highest BCUT2D eigenvalue weighted by molar-refractivity contribution is 5.33. The van der Waals surface area contributed by atoms with Crippen molar-refractivity contribution in [2.45, 2.75) is 60.0 Å². The molecule has 0 aliphatic heterocycles. The third kappa shape index (κ3) is 3.34. The normalized spacial score (nSPS) is 14.4. The summed E-state index contributed by atoms with van der Waals surface area (Å²) in [5, 5.41) is 3.22. The lowest BCUT2D eigenvalue weighted by molar-refractivity contribution is 0.355. The van der Waals surface area contributed by atoms with Gasteiger partial charge in [-0.25, -0.2) is 4.98 Å². The molecule has 1 N–H and O–H groups in total. The minimum Gasteiger partial charge on any atom is -0.362 e. The Morgan fingerprint density at radius 2 is 1.78 bits per heavy atom. The van der Waals surface area contributed by atoms with Crippen LogP contribution in [0.4, 0.5) is 5.82 Å². The fourth-order valence-corrected chi connectivity index (χ4v) is 1.46. The van der Waals surface area contributed by atoms with E-state index in [2.05, 4.69) is 38.0 Å². The van der Waals surface area contributed by atoms with Crippen molar-refractivity contribution in [2.75, 3.05) is 5.32 Å². The molecule has 18 heavy (non-hydrogen) atoms. The predicted octanol–water partition coefficient (Wildman–Crippen LogP) is 2.84. The van der Waals surface area contributed by atoms with E-state index >= 15 is 0 Å². The Labute approximate surface area is 109 Å². The van der Waals surface area contributed by atoms with Gasteiger partial charge in [0.05, 0.1) is 0 Å². The summed E-state index contributed by atoms with van der Waals surface area (Å²) >= 11 is 0. The number of anilines is 1. The highest BCUT2D eigenvalue weighted by Gasteiger charge is 2.22. The van der Waals surface area contributed by atoms with Crippen molar-refractivity contribution in [1.82, 2.24) is 9.55 Å². The van der Waals surface area contributed by atoms with Crippen LogP contribution < -0.4 is 10.9 Å². The van der Waals surface area contributed by atoms with Gasteiger partial charge in [-0.2, -0.15) is 0 Å². The summed E-state index contributed by atoms with van der Waals surface area (Å²) < 4.78 is 1.71. The first kappa shape index (κ1) is 14.7. The molecule has 0 aliphatic rings. The molecule has 1 aromatic rings. The lowest BCUT2D eigenvalue weighted by Crippen LogP contribution is -2.38. The van der Waals surface area contributed by atoms with Crippen molar-refractivity contribution < 1.29 is 0 Å². The van der Waals surface area contributed by atoms with Gasteiger partial charge in [-0.05, 0) is 33.1 Å². The molecule has 1 aromatic heterocycles. The Morgan fingerprint density at radius 1 is 1.22 bits per heavy atom. The van der Waals surface area contributed by atoms with E-state index in [0.29, 0.717) is 5.82 Å². The first-order valence-corrected chi connectivity index (χ1v) is 6.38. The second kappa shape index (κ2) is 4.75. The van der Waals surface area contributed by atoms with E-state index in [1.807, 2.05) is 20.8 Å². The summed E-state index contributed by atoms with van der Waals surface area (Å²) in [4.78, 5) is 16.5. The van der Waals surface area contributed by atoms with Crippen LogP contribution in [-0.4, -0.2) is 15.6 Å². The minimum atomic E-state index is -0.235. The molecule has 0 radical (unpaired) electrons. The molecule has 1 heterocycles. The maximum absolute atomic E-state index is 12.3. The van der Waals surface area contributed by atoms with Gasteiger partial charge in [-0.15, -0.1) is 0 Å². The predicted molar refractivity (Wildman–Crippen MR) is 76.0 cm³/mol. The highest BCUT2D eigenvalue weighted by atomic mass is 16.1. The third-order valence-corrected chi connectivity index (χ3v) is 3.22. The molecule has 0 amide bonds. The van der Waals surface area contributed by atoms with Gasteiger partial charge in [-0.3, -0.25) is 4.79 Å². The van der Waals surface area contributed by atoms with Gasteiger partial charge >= 0.3 is 0 Å². The van der Waals surface area contributed by atoms with Crippen LogP contribution in [0.5, 0.6) is 0 Å². The SMILES string of the molecule is CC(Nc1nccn(C(C)(C)C)c1=O)C(C)(C)C. The molecule has 0 aromatic carbocycles. The van der Waals surface area contributed by atoms with Gasteiger partial charge in [0.25, 0.3) is 5.56 Å². The summed E-state index contributed by atoms with van der Waals surface area (Å²) in [6.45, 7) is 14.5. The van der Waals surface area contributed by atoms with Crippen LogP contribution in [-0.2, 0) is 5.54 Å². The third-order valence-electron chi connectivity index (χ3n) is 3.22. The van der Waals surface area contributed by atoms with Crippen molar-refractivity contribution in [2.24, 2.45) is 5.41 Å². The van der Waals surface area contributed by atoms with E-state index in [4.69, 9.17) is 0 Å². The number of hydrogen-bond acceptors (Lipinski definition) is 3. The molecule has 1 rings (SSSR count). The van der Waals surface area contributed by atoms with Crippen LogP contribution in [0.3, 0.4) is 0 Å². The Kier molecular flexibility index (Phi) is 3.89. The maximum atomic E-state index is 12.3. The van der Waals surface area contributed by atoms with E-state index in [-0.39, 0.29) is 22.6 Å². The molecule has 4 nitrogen and oxygen atoms in total. The number of hydrogen-bond donors (Lipinski definition) is 1. The smallest absolute Gasteiger partial charge is 0.293 e. The Bertz CT molecular complexity index is 463. The molecule has 0 spiro atoms. The van der Waals surface area contributed by atoms with Crippen LogP contribution in [0.15, 0.2) is 17.2 Å². The molecule has 1 atom stereocenters. The molecule has 0 fully saturated rings. The van der Waals surface area contributed by atoms with E-state index in [0.717, 1.165) is 0 Å². The molecule has 0 saturated heterocycles. The first-order valence-electron chi connectivity index (χ1n) is 6.38. The van der Waals surface area contributed by atoms with E-state index in [1.54, 1.807) is 17.0 Å².